The van der Waals surface area contributed by atoms with Crippen molar-refractivity contribution in [3.8, 4) is 11.4 Å². The molecule has 0 N–H and O–H groups in total. The van der Waals surface area contributed by atoms with E-state index in [9.17, 15) is 14.4 Å². The molecule has 1 unspecified atom stereocenters. The van der Waals surface area contributed by atoms with E-state index in [1.807, 2.05) is 49.8 Å². The predicted octanol–water partition coefficient (Wildman–Crippen LogP) is 4.45. The third kappa shape index (κ3) is 6.11. The zero-order chi connectivity index (χ0) is 29.8. The number of fused-ring (bicyclic) bond motifs is 1. The molecule has 1 atom stereocenters. The fourth-order valence-corrected chi connectivity index (χ4v) is 5.72. The van der Waals surface area contributed by atoms with Crippen molar-refractivity contribution in [3.05, 3.63) is 68.6 Å². The molecule has 3 aromatic heterocycles. The number of rotatable bonds is 11. The second-order valence-corrected chi connectivity index (χ2v) is 11.1. The number of carbonyl (C=O) groups excluding carboxylic acids is 1. The number of aromatic nitrogens is 6. The molecule has 1 fully saturated rings. The summed E-state index contributed by atoms with van der Waals surface area (Å²) in [6, 6.07) is 8.21. The van der Waals surface area contributed by atoms with Crippen LogP contribution in [0.4, 0.5) is 0 Å². The van der Waals surface area contributed by atoms with E-state index in [1.165, 1.54) is 9.13 Å². The molecule has 0 saturated heterocycles. The molecule has 5 rings (SSSR count). The van der Waals surface area contributed by atoms with Gasteiger partial charge in [0.1, 0.15) is 12.6 Å². The first-order chi connectivity index (χ1) is 20.3. The van der Waals surface area contributed by atoms with Gasteiger partial charge in [-0.1, -0.05) is 56.0 Å². The molecule has 0 spiro atoms. The van der Waals surface area contributed by atoms with Crippen molar-refractivity contribution in [2.75, 3.05) is 0 Å². The summed E-state index contributed by atoms with van der Waals surface area (Å²) < 4.78 is 17.9. The number of hydrogen-bond donors (Lipinski definition) is 0. The maximum Gasteiger partial charge on any atom is 0.332 e. The van der Waals surface area contributed by atoms with Crippen LogP contribution in [-0.4, -0.2) is 40.7 Å². The van der Waals surface area contributed by atoms with E-state index in [0.29, 0.717) is 37.4 Å². The average molecular weight is 577 g/mol. The van der Waals surface area contributed by atoms with E-state index < -0.39 is 11.8 Å². The Morgan fingerprint density at radius 2 is 1.88 bits per heavy atom. The summed E-state index contributed by atoms with van der Waals surface area (Å²) in [6.07, 6.45) is 8.22. The lowest BCUT2D eigenvalue weighted by atomic mass is 9.89. The van der Waals surface area contributed by atoms with Gasteiger partial charge in [0.05, 0.1) is 24.2 Å². The van der Waals surface area contributed by atoms with Crippen molar-refractivity contribution < 1.29 is 14.3 Å². The van der Waals surface area contributed by atoms with Gasteiger partial charge in [-0.15, -0.1) is 0 Å². The Hall–Kier alpha value is -3.99. The molecule has 1 aliphatic rings. The number of benzene rings is 1. The molecule has 3 heterocycles. The van der Waals surface area contributed by atoms with Crippen molar-refractivity contribution in [2.45, 2.75) is 98.9 Å². The van der Waals surface area contributed by atoms with Crippen LogP contribution < -0.4 is 11.2 Å². The molecule has 0 radical (unpaired) electrons. The van der Waals surface area contributed by atoms with Crippen molar-refractivity contribution in [3.63, 3.8) is 0 Å². The van der Waals surface area contributed by atoms with Crippen LogP contribution >= 0.6 is 0 Å². The zero-order valence-electron chi connectivity index (χ0n) is 24.9. The first-order valence-electron chi connectivity index (χ1n) is 14.9. The Labute approximate surface area is 244 Å². The summed E-state index contributed by atoms with van der Waals surface area (Å²) >= 11 is 0. The van der Waals surface area contributed by atoms with Gasteiger partial charge in [0.25, 0.3) is 5.56 Å². The van der Waals surface area contributed by atoms with Crippen LogP contribution in [0.3, 0.4) is 0 Å². The Morgan fingerprint density at radius 3 is 2.60 bits per heavy atom. The number of ether oxygens (including phenoxy) is 2. The van der Waals surface area contributed by atoms with Crippen molar-refractivity contribution in [1.82, 2.24) is 28.5 Å². The summed E-state index contributed by atoms with van der Waals surface area (Å²) in [5, 5.41) is 4.55. The van der Waals surface area contributed by atoms with Crippen LogP contribution in [0.5, 0.6) is 0 Å². The van der Waals surface area contributed by atoms with Crippen LogP contribution in [0.1, 0.15) is 70.4 Å². The molecular weight excluding hydrogens is 536 g/mol. The average Bonchev–Trinajstić information content (AvgIpc) is 3.59. The minimum absolute atomic E-state index is 0.0999. The molecule has 0 bridgehead atoms. The second-order valence-electron chi connectivity index (χ2n) is 11.1. The maximum atomic E-state index is 13.7. The normalized spacial score (nSPS) is 14.9. The number of esters is 1. The summed E-state index contributed by atoms with van der Waals surface area (Å²) in [7, 11) is 0. The predicted molar refractivity (Wildman–Crippen MR) is 159 cm³/mol. The first kappa shape index (κ1) is 29.5. The molecule has 42 heavy (non-hydrogen) atoms. The summed E-state index contributed by atoms with van der Waals surface area (Å²) in [4.78, 5) is 44.4. The zero-order valence-corrected chi connectivity index (χ0v) is 24.9. The highest BCUT2D eigenvalue weighted by Crippen LogP contribution is 2.26. The van der Waals surface area contributed by atoms with Crippen LogP contribution in [0.2, 0.25) is 0 Å². The molecule has 4 aromatic rings. The Bertz CT molecular complexity index is 1670. The molecular formula is C31H40N6O5. The standard InChI is InChI=1S/C31H40N6O5/c1-5-15-36-29(38)26-28(35(6-2)31(36)40)33-27(25-17-32-34(19-25)18-23-12-10-11-21(3)16-23)37(26)20-41-22(4)42-30(39)24-13-8-7-9-14-24/h10-12,16-17,19,22,24H,5-9,13-15,18,20H2,1-4H3. The highest BCUT2D eigenvalue weighted by atomic mass is 16.7. The number of imidazole rings is 1. The SMILES string of the molecule is CCCn1c(=O)c2c(nc(-c3cnn(Cc4cccc(C)c4)c3)n2COC(C)OC(=O)C2CCCCC2)n(CC)c1=O. The van der Waals surface area contributed by atoms with Gasteiger partial charge in [0, 0.05) is 19.3 Å². The number of carbonyl (C=O) groups is 1. The van der Waals surface area contributed by atoms with Gasteiger partial charge in [-0.05, 0) is 45.6 Å². The summed E-state index contributed by atoms with van der Waals surface area (Å²) in [5.41, 5.74) is 2.68. The van der Waals surface area contributed by atoms with E-state index in [0.717, 1.165) is 43.2 Å². The number of nitrogens with zero attached hydrogens (tertiary/aromatic N) is 6. The largest absolute Gasteiger partial charge is 0.436 e. The monoisotopic (exact) mass is 576 g/mol. The third-order valence-corrected chi connectivity index (χ3v) is 7.86. The topological polar surface area (TPSA) is 115 Å². The minimum Gasteiger partial charge on any atom is -0.436 e. The molecule has 0 amide bonds. The Balaban J connectivity index is 1.51. The van der Waals surface area contributed by atoms with E-state index in [1.54, 1.807) is 17.7 Å². The van der Waals surface area contributed by atoms with Crippen LogP contribution in [0.15, 0.2) is 46.2 Å². The van der Waals surface area contributed by atoms with Gasteiger partial charge in [0.2, 0.25) is 6.29 Å². The molecule has 11 heteroatoms. The van der Waals surface area contributed by atoms with Gasteiger partial charge in [-0.2, -0.15) is 5.10 Å². The molecule has 1 aliphatic carbocycles. The van der Waals surface area contributed by atoms with Crippen molar-refractivity contribution in [2.24, 2.45) is 5.92 Å². The summed E-state index contributed by atoms with van der Waals surface area (Å²) in [6.45, 7) is 8.60. The fraction of sp³-hybridized carbons (Fsp3) is 0.516. The van der Waals surface area contributed by atoms with Crippen molar-refractivity contribution >= 4 is 17.1 Å². The van der Waals surface area contributed by atoms with E-state index in [-0.39, 0.29) is 35.5 Å². The third-order valence-electron chi connectivity index (χ3n) is 7.86. The van der Waals surface area contributed by atoms with Gasteiger partial charge in [-0.25, -0.2) is 9.78 Å². The quantitative estimate of drug-likeness (QED) is 0.191. The second kappa shape index (κ2) is 12.9. The van der Waals surface area contributed by atoms with Gasteiger partial charge in [0.15, 0.2) is 11.2 Å². The van der Waals surface area contributed by atoms with E-state index in [2.05, 4.69) is 11.2 Å². The Kier molecular flexibility index (Phi) is 9.06. The van der Waals surface area contributed by atoms with Gasteiger partial charge < -0.3 is 9.47 Å². The smallest absolute Gasteiger partial charge is 0.332 e. The Morgan fingerprint density at radius 1 is 1.10 bits per heavy atom. The number of hydrogen-bond acceptors (Lipinski definition) is 7. The van der Waals surface area contributed by atoms with Gasteiger partial charge >= 0.3 is 11.7 Å². The van der Waals surface area contributed by atoms with E-state index in [4.69, 9.17) is 14.5 Å². The molecule has 1 saturated carbocycles. The van der Waals surface area contributed by atoms with Crippen LogP contribution in [0, 0.1) is 12.8 Å². The highest BCUT2D eigenvalue weighted by Gasteiger charge is 2.26. The molecule has 224 valence electrons. The highest BCUT2D eigenvalue weighted by molar-refractivity contribution is 5.76. The lowest BCUT2D eigenvalue weighted by Gasteiger charge is -2.22. The van der Waals surface area contributed by atoms with Crippen LogP contribution in [-0.2, 0) is 40.6 Å². The van der Waals surface area contributed by atoms with Crippen LogP contribution in [0.25, 0.3) is 22.6 Å². The minimum atomic E-state index is -0.830. The lowest BCUT2D eigenvalue weighted by Crippen LogP contribution is -2.40. The first-order valence-corrected chi connectivity index (χ1v) is 14.9. The summed E-state index contributed by atoms with van der Waals surface area (Å²) in [5.74, 6) is 0.0913. The lowest BCUT2D eigenvalue weighted by molar-refractivity contribution is -0.186. The molecule has 11 nitrogen and oxygen atoms in total. The van der Waals surface area contributed by atoms with E-state index >= 15 is 0 Å². The van der Waals surface area contributed by atoms with Crippen molar-refractivity contribution in [1.29, 1.82) is 0 Å². The number of aryl methyl sites for hydroxylation is 2. The van der Waals surface area contributed by atoms with Gasteiger partial charge in [-0.3, -0.25) is 28.0 Å². The maximum absolute atomic E-state index is 13.7. The fourth-order valence-electron chi connectivity index (χ4n) is 5.72. The molecule has 0 aliphatic heterocycles. The molecule has 1 aromatic carbocycles.